The van der Waals surface area contributed by atoms with Gasteiger partial charge in [0, 0.05) is 9.37 Å². The second-order valence-electron chi connectivity index (χ2n) is 4.52. The van der Waals surface area contributed by atoms with Crippen LogP contribution in [0.15, 0.2) is 57.0 Å². The molecule has 0 radical (unpaired) electrons. The summed E-state index contributed by atoms with van der Waals surface area (Å²) >= 11 is 4.96. The normalized spacial score (nSPS) is 12.8. The molecular formula is C15H13BrN2OS. The van der Waals surface area contributed by atoms with E-state index in [1.54, 1.807) is 6.92 Å². The van der Waals surface area contributed by atoms with Gasteiger partial charge in [-0.1, -0.05) is 39.8 Å². The number of fused-ring (bicyclic) bond motifs is 1. The van der Waals surface area contributed by atoms with E-state index in [-0.39, 0.29) is 0 Å². The molecule has 0 saturated carbocycles. The molecule has 0 fully saturated rings. The van der Waals surface area contributed by atoms with Crippen molar-refractivity contribution in [3.8, 4) is 0 Å². The van der Waals surface area contributed by atoms with Crippen molar-refractivity contribution in [2.45, 2.75) is 23.1 Å². The number of imidazole rings is 1. The van der Waals surface area contributed by atoms with Crippen molar-refractivity contribution in [1.29, 1.82) is 0 Å². The van der Waals surface area contributed by atoms with Crippen molar-refractivity contribution in [2.24, 2.45) is 0 Å². The Hall–Kier alpha value is -1.30. The lowest BCUT2D eigenvalue weighted by molar-refractivity contribution is 0.196. The lowest BCUT2D eigenvalue weighted by Gasteiger charge is -2.10. The number of benzene rings is 2. The lowest BCUT2D eigenvalue weighted by atomic mass is 10.1. The van der Waals surface area contributed by atoms with Crippen LogP contribution in [-0.2, 0) is 0 Å². The average molecular weight is 349 g/mol. The van der Waals surface area contributed by atoms with Gasteiger partial charge in [-0.05, 0) is 42.8 Å². The zero-order valence-corrected chi connectivity index (χ0v) is 13.2. The summed E-state index contributed by atoms with van der Waals surface area (Å²) in [5, 5.41) is 10.7. The molecule has 2 aromatic carbocycles. The summed E-state index contributed by atoms with van der Waals surface area (Å²) in [7, 11) is 0. The first-order chi connectivity index (χ1) is 9.63. The number of para-hydroxylation sites is 2. The highest BCUT2D eigenvalue weighted by Crippen LogP contribution is 2.34. The minimum Gasteiger partial charge on any atom is -0.389 e. The summed E-state index contributed by atoms with van der Waals surface area (Å²) in [4.78, 5) is 8.83. The van der Waals surface area contributed by atoms with Gasteiger partial charge in [0.25, 0.3) is 0 Å². The smallest absolute Gasteiger partial charge is 0.171 e. The Balaban J connectivity index is 1.98. The van der Waals surface area contributed by atoms with Gasteiger partial charge in [-0.3, -0.25) is 0 Å². The molecule has 1 atom stereocenters. The topological polar surface area (TPSA) is 48.9 Å². The third-order valence-corrected chi connectivity index (χ3v) is 4.47. The average Bonchev–Trinajstić information content (AvgIpc) is 2.82. The van der Waals surface area contributed by atoms with Crippen molar-refractivity contribution in [2.75, 3.05) is 0 Å². The number of nitrogens with zero attached hydrogens (tertiary/aromatic N) is 1. The summed E-state index contributed by atoms with van der Waals surface area (Å²) in [5.41, 5.74) is 2.86. The first kappa shape index (κ1) is 13.7. The molecule has 0 aliphatic rings. The van der Waals surface area contributed by atoms with Crippen molar-refractivity contribution >= 4 is 38.7 Å². The van der Waals surface area contributed by atoms with E-state index in [1.165, 1.54) is 11.8 Å². The molecule has 5 heteroatoms. The molecule has 0 aliphatic carbocycles. The molecule has 102 valence electrons. The van der Waals surface area contributed by atoms with Crippen molar-refractivity contribution in [1.82, 2.24) is 9.97 Å². The molecule has 0 bridgehead atoms. The van der Waals surface area contributed by atoms with Crippen LogP contribution in [0.2, 0.25) is 0 Å². The summed E-state index contributed by atoms with van der Waals surface area (Å²) in [6.07, 6.45) is -0.514. The fraction of sp³-hybridized carbons (Fsp3) is 0.133. The van der Waals surface area contributed by atoms with Crippen LogP contribution in [0.25, 0.3) is 11.0 Å². The zero-order valence-electron chi connectivity index (χ0n) is 10.8. The molecule has 3 aromatic rings. The van der Waals surface area contributed by atoms with Crippen LogP contribution in [-0.4, -0.2) is 15.1 Å². The number of aliphatic hydroxyl groups is 1. The highest BCUT2D eigenvalue weighted by Gasteiger charge is 2.12. The fourth-order valence-corrected chi connectivity index (χ4v) is 3.40. The SMILES string of the molecule is CC(O)c1cc(Br)ccc1Sc1nc2ccccc2[nH]1. The van der Waals surface area contributed by atoms with Crippen molar-refractivity contribution in [3.63, 3.8) is 0 Å². The second kappa shape index (κ2) is 5.60. The summed E-state index contributed by atoms with van der Waals surface area (Å²) in [6, 6.07) is 13.8. The van der Waals surface area contributed by atoms with E-state index in [0.717, 1.165) is 31.1 Å². The van der Waals surface area contributed by atoms with Gasteiger partial charge in [0.05, 0.1) is 17.1 Å². The minimum absolute atomic E-state index is 0.514. The molecule has 1 heterocycles. The number of aromatic amines is 1. The summed E-state index contributed by atoms with van der Waals surface area (Å²) in [5.74, 6) is 0. The Labute approximate surface area is 129 Å². The minimum atomic E-state index is -0.514. The van der Waals surface area contributed by atoms with Crippen LogP contribution < -0.4 is 0 Å². The van der Waals surface area contributed by atoms with Crippen LogP contribution in [0.4, 0.5) is 0 Å². The van der Waals surface area contributed by atoms with Gasteiger partial charge in [0.2, 0.25) is 0 Å². The van der Waals surface area contributed by atoms with Gasteiger partial charge in [0.1, 0.15) is 0 Å². The Kier molecular flexibility index (Phi) is 3.83. The Morgan fingerprint density at radius 2 is 2.05 bits per heavy atom. The number of halogens is 1. The van der Waals surface area contributed by atoms with Crippen LogP contribution >= 0.6 is 27.7 Å². The molecule has 1 unspecified atom stereocenters. The van der Waals surface area contributed by atoms with Crippen LogP contribution in [0, 0.1) is 0 Å². The van der Waals surface area contributed by atoms with E-state index < -0.39 is 6.10 Å². The quantitative estimate of drug-likeness (QED) is 0.730. The molecule has 20 heavy (non-hydrogen) atoms. The predicted octanol–water partition coefficient (Wildman–Crippen LogP) is 4.53. The van der Waals surface area contributed by atoms with Gasteiger partial charge in [0.15, 0.2) is 5.16 Å². The number of rotatable bonds is 3. The lowest BCUT2D eigenvalue weighted by Crippen LogP contribution is -1.94. The molecule has 1 aromatic heterocycles. The van der Waals surface area contributed by atoms with Crippen LogP contribution in [0.5, 0.6) is 0 Å². The highest BCUT2D eigenvalue weighted by atomic mass is 79.9. The van der Waals surface area contributed by atoms with Gasteiger partial charge in [-0.2, -0.15) is 0 Å². The summed E-state index contributed by atoms with van der Waals surface area (Å²) < 4.78 is 0.961. The first-order valence-corrected chi connectivity index (χ1v) is 7.84. The molecule has 2 N–H and O–H groups in total. The van der Waals surface area contributed by atoms with Crippen molar-refractivity contribution < 1.29 is 5.11 Å². The molecule has 0 spiro atoms. The van der Waals surface area contributed by atoms with Crippen LogP contribution in [0.3, 0.4) is 0 Å². The Morgan fingerprint density at radius 1 is 1.25 bits per heavy atom. The van der Waals surface area contributed by atoms with Gasteiger partial charge < -0.3 is 10.1 Å². The van der Waals surface area contributed by atoms with E-state index in [4.69, 9.17) is 0 Å². The van der Waals surface area contributed by atoms with E-state index in [1.807, 2.05) is 42.5 Å². The maximum Gasteiger partial charge on any atom is 0.171 e. The standard InChI is InChI=1S/C15H13BrN2OS/c1-9(19)11-8-10(16)6-7-14(11)20-15-17-12-4-2-3-5-13(12)18-15/h2-9,19H,1H3,(H,17,18). The largest absolute Gasteiger partial charge is 0.389 e. The predicted molar refractivity (Wildman–Crippen MR) is 85.0 cm³/mol. The van der Waals surface area contributed by atoms with Gasteiger partial charge >= 0.3 is 0 Å². The van der Waals surface area contributed by atoms with E-state index in [2.05, 4.69) is 25.9 Å². The molecule has 0 saturated heterocycles. The number of hydrogen-bond donors (Lipinski definition) is 2. The van der Waals surface area contributed by atoms with Gasteiger partial charge in [-0.15, -0.1) is 0 Å². The highest BCUT2D eigenvalue weighted by molar-refractivity contribution is 9.10. The monoisotopic (exact) mass is 348 g/mol. The van der Waals surface area contributed by atoms with E-state index >= 15 is 0 Å². The number of aliphatic hydroxyl groups excluding tert-OH is 1. The first-order valence-electron chi connectivity index (χ1n) is 6.23. The number of H-pyrrole nitrogens is 1. The van der Waals surface area contributed by atoms with E-state index in [9.17, 15) is 5.11 Å². The Bertz CT molecular complexity index is 721. The van der Waals surface area contributed by atoms with Gasteiger partial charge in [-0.25, -0.2) is 4.98 Å². The third kappa shape index (κ3) is 2.75. The number of nitrogens with one attached hydrogen (secondary N) is 1. The molecular weight excluding hydrogens is 336 g/mol. The molecule has 0 amide bonds. The molecule has 3 rings (SSSR count). The molecule has 0 aliphatic heterocycles. The number of hydrogen-bond acceptors (Lipinski definition) is 3. The fourth-order valence-electron chi connectivity index (χ4n) is 2.02. The Morgan fingerprint density at radius 3 is 2.80 bits per heavy atom. The van der Waals surface area contributed by atoms with Crippen LogP contribution in [0.1, 0.15) is 18.6 Å². The third-order valence-electron chi connectivity index (χ3n) is 3.00. The number of aromatic nitrogens is 2. The maximum absolute atomic E-state index is 9.88. The molecule has 3 nitrogen and oxygen atoms in total. The summed E-state index contributed by atoms with van der Waals surface area (Å²) in [6.45, 7) is 1.77. The van der Waals surface area contributed by atoms with Crippen molar-refractivity contribution in [3.05, 3.63) is 52.5 Å². The maximum atomic E-state index is 9.88. The second-order valence-corrected chi connectivity index (χ2v) is 6.47. The van der Waals surface area contributed by atoms with E-state index in [0.29, 0.717) is 0 Å². The zero-order chi connectivity index (χ0) is 14.1.